The molecule has 0 saturated carbocycles. The van der Waals surface area contributed by atoms with Gasteiger partial charge in [-0.3, -0.25) is 9.89 Å². The number of ether oxygens (including phenoxy) is 1. The Morgan fingerprint density at radius 1 is 1.38 bits per heavy atom. The summed E-state index contributed by atoms with van der Waals surface area (Å²) in [7, 11) is 0. The van der Waals surface area contributed by atoms with Gasteiger partial charge in [-0.2, -0.15) is 5.10 Å². The zero-order chi connectivity index (χ0) is 17.1. The van der Waals surface area contributed by atoms with Gasteiger partial charge in [0.05, 0.1) is 12.8 Å². The van der Waals surface area contributed by atoms with Crippen molar-refractivity contribution >= 4 is 5.91 Å². The third-order valence-electron chi connectivity index (χ3n) is 4.73. The number of benzene rings is 1. The highest BCUT2D eigenvalue weighted by Crippen LogP contribution is 2.26. The molecule has 1 atom stereocenters. The van der Waals surface area contributed by atoms with Crippen molar-refractivity contribution in [3.05, 3.63) is 46.8 Å². The van der Waals surface area contributed by atoms with Gasteiger partial charge in [0.2, 0.25) is 5.91 Å². The first-order chi connectivity index (χ1) is 11.5. The van der Waals surface area contributed by atoms with E-state index in [-0.39, 0.29) is 5.91 Å². The van der Waals surface area contributed by atoms with Crippen molar-refractivity contribution in [2.45, 2.75) is 46.1 Å². The van der Waals surface area contributed by atoms with Crippen LogP contribution in [0.1, 0.15) is 48.1 Å². The number of aromatic nitrogens is 2. The van der Waals surface area contributed by atoms with E-state index in [0.717, 1.165) is 30.0 Å². The van der Waals surface area contributed by atoms with E-state index in [2.05, 4.69) is 37.0 Å². The Bertz CT molecular complexity index is 723. The van der Waals surface area contributed by atoms with Crippen LogP contribution in [0.2, 0.25) is 0 Å². The highest BCUT2D eigenvalue weighted by molar-refractivity contribution is 5.76. The number of hydrogen-bond donors (Lipinski definition) is 1. The molecule has 1 unspecified atom stereocenters. The van der Waals surface area contributed by atoms with E-state index in [1.807, 2.05) is 23.2 Å². The van der Waals surface area contributed by atoms with Crippen LogP contribution in [0.25, 0.3) is 0 Å². The summed E-state index contributed by atoms with van der Waals surface area (Å²) >= 11 is 0. The van der Waals surface area contributed by atoms with Gasteiger partial charge >= 0.3 is 0 Å². The minimum Gasteiger partial charge on any atom is -0.494 e. The molecule has 0 radical (unpaired) electrons. The Kier molecular flexibility index (Phi) is 4.88. The second-order valence-corrected chi connectivity index (χ2v) is 6.68. The third kappa shape index (κ3) is 3.61. The summed E-state index contributed by atoms with van der Waals surface area (Å²) in [5, 5.41) is 7.13. The van der Waals surface area contributed by atoms with E-state index >= 15 is 0 Å². The first kappa shape index (κ1) is 16.6. The Balaban J connectivity index is 1.45. The van der Waals surface area contributed by atoms with Crippen molar-refractivity contribution in [2.24, 2.45) is 0 Å². The number of carbonyl (C=O) groups excluding carboxylic acids is 1. The van der Waals surface area contributed by atoms with Gasteiger partial charge in [0.1, 0.15) is 5.75 Å². The maximum Gasteiger partial charge on any atom is 0.223 e. The molecule has 2 aromatic rings. The number of hydrogen-bond acceptors (Lipinski definition) is 3. The fraction of sp³-hybridized carbons (Fsp3) is 0.474. The Morgan fingerprint density at radius 2 is 2.21 bits per heavy atom. The average molecular weight is 327 g/mol. The van der Waals surface area contributed by atoms with Gasteiger partial charge < -0.3 is 9.64 Å². The van der Waals surface area contributed by atoms with E-state index < -0.39 is 0 Å². The molecule has 1 aromatic heterocycles. The molecule has 1 aliphatic rings. The quantitative estimate of drug-likeness (QED) is 0.857. The molecule has 24 heavy (non-hydrogen) atoms. The highest BCUT2D eigenvalue weighted by Gasteiger charge is 2.26. The lowest BCUT2D eigenvalue weighted by molar-refractivity contribution is -0.132. The largest absolute Gasteiger partial charge is 0.494 e. The van der Waals surface area contributed by atoms with E-state index in [4.69, 9.17) is 4.74 Å². The monoisotopic (exact) mass is 327 g/mol. The van der Waals surface area contributed by atoms with Crippen LogP contribution >= 0.6 is 0 Å². The Labute approximate surface area is 143 Å². The van der Waals surface area contributed by atoms with Crippen molar-refractivity contribution in [1.29, 1.82) is 0 Å². The number of nitrogens with one attached hydrogen (secondary N) is 1. The zero-order valence-electron chi connectivity index (χ0n) is 14.6. The molecule has 0 aliphatic carbocycles. The lowest BCUT2D eigenvalue weighted by atomic mass is 9.98. The van der Waals surface area contributed by atoms with Gasteiger partial charge in [0, 0.05) is 36.7 Å². The number of amides is 1. The standard InChI is InChI=1S/C19H25N3O2/c1-13-6-7-17(9-14(13)2)24-8-4-5-18(23)22-11-15(3)19-16(12-22)10-20-21-19/h6-7,9-10,15H,4-5,8,11-12H2,1-3H3,(H,20,21). The minimum atomic E-state index is 0.192. The molecule has 0 saturated heterocycles. The van der Waals surface area contributed by atoms with Gasteiger partial charge in [-0.05, 0) is 43.5 Å². The summed E-state index contributed by atoms with van der Waals surface area (Å²) in [4.78, 5) is 14.4. The molecule has 1 amide bonds. The predicted molar refractivity (Wildman–Crippen MR) is 93.1 cm³/mol. The zero-order valence-corrected chi connectivity index (χ0v) is 14.6. The number of rotatable bonds is 5. The van der Waals surface area contributed by atoms with Crippen molar-refractivity contribution in [3.63, 3.8) is 0 Å². The predicted octanol–water partition coefficient (Wildman–Crippen LogP) is 3.33. The van der Waals surface area contributed by atoms with Gasteiger partial charge in [-0.25, -0.2) is 0 Å². The lowest BCUT2D eigenvalue weighted by Gasteiger charge is -2.30. The van der Waals surface area contributed by atoms with Gasteiger partial charge in [-0.1, -0.05) is 13.0 Å². The number of aryl methyl sites for hydroxylation is 2. The molecule has 5 nitrogen and oxygen atoms in total. The number of carbonyl (C=O) groups is 1. The summed E-state index contributed by atoms with van der Waals surface area (Å²) in [6.45, 7) is 8.27. The van der Waals surface area contributed by atoms with Crippen LogP contribution < -0.4 is 4.74 Å². The van der Waals surface area contributed by atoms with E-state index in [0.29, 0.717) is 25.5 Å². The summed E-state index contributed by atoms with van der Waals surface area (Å²) < 4.78 is 5.76. The molecule has 128 valence electrons. The first-order valence-electron chi connectivity index (χ1n) is 8.54. The summed E-state index contributed by atoms with van der Waals surface area (Å²) in [6, 6.07) is 6.09. The van der Waals surface area contributed by atoms with Crippen LogP contribution in [0.3, 0.4) is 0 Å². The summed E-state index contributed by atoms with van der Waals surface area (Å²) in [5.74, 6) is 1.38. The molecular formula is C19H25N3O2. The SMILES string of the molecule is Cc1ccc(OCCCC(=O)N2Cc3cn[nH]c3C(C)C2)cc1C. The van der Waals surface area contributed by atoms with Crippen LogP contribution in [-0.2, 0) is 11.3 Å². The maximum atomic E-state index is 12.4. The average Bonchev–Trinajstić information content (AvgIpc) is 3.03. The van der Waals surface area contributed by atoms with Crippen molar-refractivity contribution in [3.8, 4) is 5.75 Å². The number of fused-ring (bicyclic) bond motifs is 1. The first-order valence-corrected chi connectivity index (χ1v) is 8.54. The third-order valence-corrected chi connectivity index (χ3v) is 4.73. The van der Waals surface area contributed by atoms with Crippen molar-refractivity contribution < 1.29 is 9.53 Å². The fourth-order valence-electron chi connectivity index (χ4n) is 3.13. The Morgan fingerprint density at radius 3 is 3.00 bits per heavy atom. The normalized spacial score (nSPS) is 16.8. The van der Waals surface area contributed by atoms with E-state index in [9.17, 15) is 4.79 Å². The van der Waals surface area contributed by atoms with Crippen LogP contribution in [0.4, 0.5) is 0 Å². The Hall–Kier alpha value is -2.30. The van der Waals surface area contributed by atoms with Gasteiger partial charge in [-0.15, -0.1) is 0 Å². The fourth-order valence-corrected chi connectivity index (χ4v) is 3.13. The lowest BCUT2D eigenvalue weighted by Crippen LogP contribution is -2.37. The topological polar surface area (TPSA) is 58.2 Å². The maximum absolute atomic E-state index is 12.4. The van der Waals surface area contributed by atoms with Crippen LogP contribution in [0.5, 0.6) is 5.75 Å². The smallest absolute Gasteiger partial charge is 0.223 e. The molecule has 0 spiro atoms. The van der Waals surface area contributed by atoms with E-state index in [1.165, 1.54) is 11.1 Å². The molecule has 1 aliphatic heterocycles. The highest BCUT2D eigenvalue weighted by atomic mass is 16.5. The molecule has 3 rings (SSSR count). The van der Waals surface area contributed by atoms with Gasteiger partial charge in [0.25, 0.3) is 0 Å². The van der Waals surface area contributed by atoms with Crippen molar-refractivity contribution in [1.82, 2.24) is 15.1 Å². The molecule has 0 fully saturated rings. The van der Waals surface area contributed by atoms with Crippen molar-refractivity contribution in [2.75, 3.05) is 13.2 Å². The molecule has 1 N–H and O–H groups in total. The molecule has 2 heterocycles. The summed E-state index contributed by atoms with van der Waals surface area (Å²) in [5.41, 5.74) is 4.78. The molecular weight excluding hydrogens is 302 g/mol. The molecule has 1 aromatic carbocycles. The number of aromatic amines is 1. The second-order valence-electron chi connectivity index (χ2n) is 6.68. The van der Waals surface area contributed by atoms with Gasteiger partial charge in [0.15, 0.2) is 0 Å². The van der Waals surface area contributed by atoms with Crippen LogP contribution in [-0.4, -0.2) is 34.2 Å². The molecule has 5 heteroatoms. The number of H-pyrrole nitrogens is 1. The second kappa shape index (κ2) is 7.07. The molecule has 0 bridgehead atoms. The van der Waals surface area contributed by atoms with Crippen LogP contribution in [0, 0.1) is 13.8 Å². The number of nitrogens with zero attached hydrogens (tertiary/aromatic N) is 2. The van der Waals surface area contributed by atoms with E-state index in [1.54, 1.807) is 0 Å². The minimum absolute atomic E-state index is 0.192. The summed E-state index contributed by atoms with van der Waals surface area (Å²) in [6.07, 6.45) is 3.08. The van der Waals surface area contributed by atoms with Crippen LogP contribution in [0.15, 0.2) is 24.4 Å².